The molecule has 1 fully saturated rings. The van der Waals surface area contributed by atoms with Crippen LogP contribution in [0.15, 0.2) is 22.6 Å². The molecule has 19 heavy (non-hydrogen) atoms. The van der Waals surface area contributed by atoms with Gasteiger partial charge in [0.15, 0.2) is 11.7 Å². The number of hydrogen-bond donors (Lipinski definition) is 1. The number of benzene rings is 1. The largest absolute Gasteiger partial charge is 0.439 e. The SMILES string of the molecule is N#CC1CN(Cc2nc3ccc(N)cc3o2)CCO1. The molecule has 1 aromatic heterocycles. The van der Waals surface area contributed by atoms with Crippen molar-refractivity contribution in [2.24, 2.45) is 0 Å². The summed E-state index contributed by atoms with van der Waals surface area (Å²) < 4.78 is 11.0. The number of nitrogens with zero attached hydrogens (tertiary/aromatic N) is 3. The fourth-order valence-electron chi connectivity index (χ4n) is 2.17. The number of nitrogens with two attached hydrogens (primary N) is 1. The highest BCUT2D eigenvalue weighted by Gasteiger charge is 2.21. The maximum absolute atomic E-state index is 8.87. The summed E-state index contributed by atoms with van der Waals surface area (Å²) in [4.78, 5) is 6.51. The molecular weight excluding hydrogens is 244 g/mol. The first-order valence-electron chi connectivity index (χ1n) is 6.13. The van der Waals surface area contributed by atoms with Crippen molar-refractivity contribution >= 4 is 16.8 Å². The third kappa shape index (κ3) is 2.52. The van der Waals surface area contributed by atoms with E-state index in [9.17, 15) is 0 Å². The Balaban J connectivity index is 1.76. The number of fused-ring (bicyclic) bond motifs is 1. The molecule has 1 unspecified atom stereocenters. The molecule has 1 saturated heterocycles. The van der Waals surface area contributed by atoms with Gasteiger partial charge in [-0.1, -0.05) is 0 Å². The Morgan fingerprint density at radius 2 is 2.42 bits per heavy atom. The van der Waals surface area contributed by atoms with Crippen molar-refractivity contribution in [1.29, 1.82) is 5.26 Å². The van der Waals surface area contributed by atoms with Gasteiger partial charge in [-0.3, -0.25) is 4.90 Å². The summed E-state index contributed by atoms with van der Waals surface area (Å²) in [6, 6.07) is 7.53. The fourth-order valence-corrected chi connectivity index (χ4v) is 2.17. The zero-order chi connectivity index (χ0) is 13.2. The summed E-state index contributed by atoms with van der Waals surface area (Å²) >= 11 is 0. The molecule has 6 heteroatoms. The normalized spacial score (nSPS) is 20.5. The Hall–Kier alpha value is -2.10. The summed E-state index contributed by atoms with van der Waals surface area (Å²) in [6.07, 6.45) is -0.367. The number of oxazole rings is 1. The van der Waals surface area contributed by atoms with E-state index in [1.54, 1.807) is 12.1 Å². The summed E-state index contributed by atoms with van der Waals surface area (Å²) in [5.74, 6) is 0.638. The highest BCUT2D eigenvalue weighted by Crippen LogP contribution is 2.19. The average Bonchev–Trinajstić information content (AvgIpc) is 2.80. The number of nitrogen functional groups attached to an aromatic ring is 1. The van der Waals surface area contributed by atoms with Gasteiger partial charge in [0, 0.05) is 24.8 Å². The molecule has 0 saturated carbocycles. The van der Waals surface area contributed by atoms with Gasteiger partial charge in [-0.15, -0.1) is 0 Å². The van der Waals surface area contributed by atoms with E-state index in [2.05, 4.69) is 16.0 Å². The number of rotatable bonds is 2. The monoisotopic (exact) mass is 258 g/mol. The molecule has 3 rings (SSSR count). The molecule has 2 aromatic rings. The minimum atomic E-state index is -0.367. The topological polar surface area (TPSA) is 88.3 Å². The van der Waals surface area contributed by atoms with E-state index >= 15 is 0 Å². The predicted octanol–water partition coefficient (Wildman–Crippen LogP) is 1.13. The molecule has 1 aliphatic rings. The molecule has 2 N–H and O–H groups in total. The molecule has 0 spiro atoms. The minimum absolute atomic E-state index is 0.367. The van der Waals surface area contributed by atoms with E-state index in [0.29, 0.717) is 36.9 Å². The predicted molar refractivity (Wildman–Crippen MR) is 69.1 cm³/mol. The molecular formula is C13H14N4O2. The van der Waals surface area contributed by atoms with Crippen LogP contribution in [0.4, 0.5) is 5.69 Å². The van der Waals surface area contributed by atoms with Crippen LogP contribution in [0.3, 0.4) is 0 Å². The molecule has 2 heterocycles. The number of anilines is 1. The second-order valence-electron chi connectivity index (χ2n) is 4.56. The lowest BCUT2D eigenvalue weighted by Gasteiger charge is -2.28. The van der Waals surface area contributed by atoms with E-state index in [-0.39, 0.29) is 6.10 Å². The molecule has 1 atom stereocenters. The van der Waals surface area contributed by atoms with E-state index in [1.807, 2.05) is 6.07 Å². The lowest BCUT2D eigenvalue weighted by Crippen LogP contribution is -2.41. The number of morpholine rings is 1. The van der Waals surface area contributed by atoms with Gasteiger partial charge in [0.1, 0.15) is 5.52 Å². The highest BCUT2D eigenvalue weighted by atomic mass is 16.5. The lowest BCUT2D eigenvalue weighted by atomic mass is 10.3. The van der Waals surface area contributed by atoms with Gasteiger partial charge in [-0.25, -0.2) is 4.98 Å². The molecule has 0 bridgehead atoms. The smallest absolute Gasteiger partial charge is 0.209 e. The average molecular weight is 258 g/mol. The minimum Gasteiger partial charge on any atom is -0.439 e. The van der Waals surface area contributed by atoms with Crippen molar-refractivity contribution in [2.45, 2.75) is 12.6 Å². The van der Waals surface area contributed by atoms with Crippen molar-refractivity contribution in [3.8, 4) is 6.07 Å². The first kappa shape index (κ1) is 12.0. The molecule has 98 valence electrons. The van der Waals surface area contributed by atoms with Crippen molar-refractivity contribution in [2.75, 3.05) is 25.4 Å². The Bertz CT molecular complexity index is 631. The van der Waals surface area contributed by atoms with Gasteiger partial charge in [0.05, 0.1) is 19.2 Å². The summed E-state index contributed by atoms with van der Waals surface area (Å²) in [5.41, 5.74) is 7.86. The van der Waals surface area contributed by atoms with Crippen LogP contribution < -0.4 is 5.73 Å². The Morgan fingerprint density at radius 3 is 3.26 bits per heavy atom. The first-order chi connectivity index (χ1) is 9.24. The number of ether oxygens (including phenoxy) is 1. The fraction of sp³-hybridized carbons (Fsp3) is 0.385. The Morgan fingerprint density at radius 1 is 1.53 bits per heavy atom. The van der Waals surface area contributed by atoms with Crippen molar-refractivity contribution in [1.82, 2.24) is 9.88 Å². The molecule has 1 aliphatic heterocycles. The van der Waals surface area contributed by atoms with Crippen LogP contribution in [-0.2, 0) is 11.3 Å². The molecule has 6 nitrogen and oxygen atoms in total. The third-order valence-corrected chi connectivity index (χ3v) is 3.11. The second-order valence-corrected chi connectivity index (χ2v) is 4.56. The van der Waals surface area contributed by atoms with Crippen LogP contribution >= 0.6 is 0 Å². The maximum atomic E-state index is 8.87. The number of hydrogen-bond acceptors (Lipinski definition) is 6. The van der Waals surface area contributed by atoms with E-state index in [4.69, 9.17) is 20.1 Å². The number of aromatic nitrogens is 1. The second kappa shape index (κ2) is 4.88. The van der Waals surface area contributed by atoms with Gasteiger partial charge in [0.25, 0.3) is 0 Å². The Kier molecular flexibility index (Phi) is 3.07. The highest BCUT2D eigenvalue weighted by molar-refractivity contribution is 5.76. The zero-order valence-electron chi connectivity index (χ0n) is 10.4. The van der Waals surface area contributed by atoms with Crippen molar-refractivity contribution < 1.29 is 9.15 Å². The molecule has 0 radical (unpaired) electrons. The first-order valence-corrected chi connectivity index (χ1v) is 6.13. The third-order valence-electron chi connectivity index (χ3n) is 3.11. The summed E-state index contributed by atoms with van der Waals surface area (Å²) in [7, 11) is 0. The van der Waals surface area contributed by atoms with Gasteiger partial charge in [0.2, 0.25) is 5.89 Å². The maximum Gasteiger partial charge on any atom is 0.209 e. The molecule has 0 aliphatic carbocycles. The molecule has 0 amide bonds. The van der Waals surface area contributed by atoms with Crippen LogP contribution in [0, 0.1) is 11.3 Å². The van der Waals surface area contributed by atoms with Gasteiger partial charge in [-0.2, -0.15) is 5.26 Å². The van der Waals surface area contributed by atoms with Crippen LogP contribution in [0.25, 0.3) is 11.1 Å². The Labute approximate surface area is 110 Å². The van der Waals surface area contributed by atoms with Gasteiger partial charge >= 0.3 is 0 Å². The van der Waals surface area contributed by atoms with E-state index in [1.165, 1.54) is 0 Å². The standard InChI is InChI=1S/C13H14N4O2/c14-6-10-7-17(3-4-18-10)8-13-16-11-2-1-9(15)5-12(11)19-13/h1-2,5,10H,3-4,7-8,15H2. The van der Waals surface area contributed by atoms with E-state index < -0.39 is 0 Å². The van der Waals surface area contributed by atoms with Crippen LogP contribution in [-0.4, -0.2) is 35.7 Å². The van der Waals surface area contributed by atoms with Crippen LogP contribution in [0.1, 0.15) is 5.89 Å². The summed E-state index contributed by atoms with van der Waals surface area (Å²) in [6.45, 7) is 2.50. The lowest BCUT2D eigenvalue weighted by molar-refractivity contribution is -0.00528. The van der Waals surface area contributed by atoms with Crippen molar-refractivity contribution in [3.63, 3.8) is 0 Å². The van der Waals surface area contributed by atoms with E-state index in [0.717, 1.165) is 12.1 Å². The molecule has 1 aromatic carbocycles. The van der Waals surface area contributed by atoms with Crippen LogP contribution in [0.2, 0.25) is 0 Å². The zero-order valence-corrected chi connectivity index (χ0v) is 10.4. The van der Waals surface area contributed by atoms with Gasteiger partial charge in [-0.05, 0) is 12.1 Å². The quantitative estimate of drug-likeness (QED) is 0.812. The van der Waals surface area contributed by atoms with Gasteiger partial charge < -0.3 is 14.9 Å². The number of nitriles is 1. The summed E-state index contributed by atoms with van der Waals surface area (Å²) in [5, 5.41) is 8.87. The van der Waals surface area contributed by atoms with Crippen molar-refractivity contribution in [3.05, 3.63) is 24.1 Å². The van der Waals surface area contributed by atoms with Crippen LogP contribution in [0.5, 0.6) is 0 Å².